The molecule has 1 aliphatic rings. The van der Waals surface area contributed by atoms with Crippen LogP contribution in [0.1, 0.15) is 39.0 Å². The van der Waals surface area contributed by atoms with Crippen LogP contribution >= 0.6 is 0 Å². The second kappa shape index (κ2) is 10.8. The summed E-state index contributed by atoms with van der Waals surface area (Å²) in [6.07, 6.45) is 8.00. The first-order valence-corrected chi connectivity index (χ1v) is 13.4. The fourth-order valence-corrected chi connectivity index (χ4v) is 4.90. The number of aromatic nitrogens is 6. The predicted octanol–water partition coefficient (Wildman–Crippen LogP) is 3.77. The highest BCUT2D eigenvalue weighted by Crippen LogP contribution is 2.28. The number of benzene rings is 1. The lowest BCUT2D eigenvalue weighted by Gasteiger charge is -2.24. The summed E-state index contributed by atoms with van der Waals surface area (Å²) in [4.78, 5) is 22.6. The Kier molecular flexibility index (Phi) is 7.54. The number of tetrazole rings is 1. The van der Waals surface area contributed by atoms with E-state index in [1.165, 1.54) is 30.3 Å². The van der Waals surface area contributed by atoms with Crippen molar-refractivity contribution in [3.8, 4) is 11.4 Å². The lowest BCUT2D eigenvalue weighted by molar-refractivity contribution is 0.164. The molecule has 2 N–H and O–H groups in total. The molecule has 12 nitrogen and oxygen atoms in total. The van der Waals surface area contributed by atoms with Crippen molar-refractivity contribution < 1.29 is 13.7 Å². The average Bonchev–Trinajstić information content (AvgIpc) is 3.26. The molecule has 0 bridgehead atoms. The number of carbonyl (C=O) groups is 1. The maximum Gasteiger partial charge on any atom is 0.442 e. The van der Waals surface area contributed by atoms with Gasteiger partial charge in [0.15, 0.2) is 0 Å². The molecule has 1 aromatic carbocycles. The topological polar surface area (TPSA) is 149 Å². The quantitative estimate of drug-likeness (QED) is 0.492. The van der Waals surface area contributed by atoms with Crippen LogP contribution in [-0.4, -0.2) is 59.4 Å². The number of anilines is 3. The molecule has 0 aliphatic heterocycles. The molecule has 2 aromatic heterocycles. The maximum absolute atomic E-state index is 12.8. The molecule has 4 rings (SSSR count). The molecule has 3 aromatic rings. The van der Waals surface area contributed by atoms with Crippen molar-refractivity contribution in [3.63, 3.8) is 0 Å². The van der Waals surface area contributed by atoms with Crippen molar-refractivity contribution in [2.45, 2.75) is 50.0 Å². The summed E-state index contributed by atoms with van der Waals surface area (Å²) < 4.78 is 21.3. The van der Waals surface area contributed by atoms with Gasteiger partial charge in [-0.25, -0.2) is 14.0 Å². The minimum Gasteiger partial charge on any atom is -0.448 e. The summed E-state index contributed by atoms with van der Waals surface area (Å²) in [5, 5.41) is 19.0. The van der Waals surface area contributed by atoms with E-state index in [9.17, 15) is 9.00 Å². The van der Waals surface area contributed by atoms with E-state index in [2.05, 4.69) is 35.4 Å². The maximum atomic E-state index is 12.8. The normalized spacial score (nSPS) is 15.7. The molecular formula is C22H29N9O3S. The van der Waals surface area contributed by atoms with Crippen molar-refractivity contribution in [3.05, 3.63) is 30.5 Å². The third kappa shape index (κ3) is 6.29. The molecule has 0 saturated heterocycles. The summed E-state index contributed by atoms with van der Waals surface area (Å²) in [5.41, 5.74) is 1.37. The molecule has 2 heterocycles. The van der Waals surface area contributed by atoms with Crippen LogP contribution in [0, 0.1) is 0 Å². The smallest absolute Gasteiger partial charge is 0.442 e. The van der Waals surface area contributed by atoms with E-state index in [-0.39, 0.29) is 6.61 Å². The fourth-order valence-electron chi connectivity index (χ4n) is 3.81. The highest BCUT2D eigenvalue weighted by Gasteiger charge is 2.19. The van der Waals surface area contributed by atoms with Gasteiger partial charge >= 0.3 is 6.09 Å². The van der Waals surface area contributed by atoms with Gasteiger partial charge in [-0.1, -0.05) is 19.3 Å². The highest BCUT2D eigenvalue weighted by molar-refractivity contribution is 7.93. The first-order chi connectivity index (χ1) is 16.8. The van der Waals surface area contributed by atoms with Crippen molar-refractivity contribution in [2.24, 2.45) is 11.4 Å². The molecule has 35 heavy (non-hydrogen) atoms. The Morgan fingerprint density at radius 1 is 1.23 bits per heavy atom. The number of hydrogen-bond donors (Lipinski definition) is 2. The van der Waals surface area contributed by atoms with Gasteiger partial charge in [0.1, 0.15) is 5.82 Å². The van der Waals surface area contributed by atoms with Crippen molar-refractivity contribution in [1.82, 2.24) is 30.2 Å². The predicted molar refractivity (Wildman–Crippen MR) is 132 cm³/mol. The molecule has 1 unspecified atom stereocenters. The number of hydrogen-bond acceptors (Lipinski definition) is 10. The summed E-state index contributed by atoms with van der Waals surface area (Å²) in [7, 11) is -1.21. The zero-order chi connectivity index (χ0) is 24.8. The fraction of sp³-hybridized carbons (Fsp3) is 0.455. The molecular weight excluding hydrogens is 470 g/mol. The van der Waals surface area contributed by atoms with Gasteiger partial charge in [0.2, 0.25) is 11.8 Å². The number of aryl methyl sites for hydroxylation is 1. The van der Waals surface area contributed by atoms with Crippen LogP contribution in [0.25, 0.3) is 11.4 Å². The molecule has 186 valence electrons. The number of amides is 1. The average molecular weight is 500 g/mol. The number of nitrogens with one attached hydrogen (secondary N) is 2. The van der Waals surface area contributed by atoms with Crippen molar-refractivity contribution in [2.75, 3.05) is 23.5 Å². The van der Waals surface area contributed by atoms with E-state index in [4.69, 9.17) is 9.72 Å². The summed E-state index contributed by atoms with van der Waals surface area (Å²) >= 11 is 0. The van der Waals surface area contributed by atoms with Crippen LogP contribution in [0.4, 0.5) is 22.2 Å². The van der Waals surface area contributed by atoms with Crippen LogP contribution in [0.3, 0.4) is 0 Å². The molecule has 13 heteroatoms. The standard InChI is InChI=1S/C22H29N9O3S/c1-4-34-22(32)29-35(3,33)17-12-10-16(11-13-17)25-21-23-14-18(20-27-30-31(2)28-20)19(26-21)24-15-8-6-5-7-9-15/h10-15H,4-9H2,1-3H3,(H2,23,24,25,26). The number of nitrogens with zero attached hydrogens (tertiary/aromatic N) is 7. The first kappa shape index (κ1) is 24.5. The molecule has 1 amide bonds. The number of rotatable bonds is 7. The third-order valence-corrected chi connectivity index (χ3v) is 7.19. The van der Waals surface area contributed by atoms with E-state index in [1.54, 1.807) is 44.4 Å². The zero-order valence-corrected chi connectivity index (χ0v) is 20.8. The van der Waals surface area contributed by atoms with Gasteiger partial charge in [-0.2, -0.15) is 9.78 Å². The van der Waals surface area contributed by atoms with Crippen molar-refractivity contribution >= 4 is 33.3 Å². The second-order valence-corrected chi connectivity index (χ2v) is 10.5. The van der Waals surface area contributed by atoms with Gasteiger partial charge in [0.25, 0.3) is 0 Å². The Morgan fingerprint density at radius 2 is 1.97 bits per heavy atom. The highest BCUT2D eigenvalue weighted by atomic mass is 32.2. The van der Waals surface area contributed by atoms with E-state index >= 15 is 0 Å². The Labute approximate surface area is 204 Å². The van der Waals surface area contributed by atoms with Crippen LogP contribution in [-0.2, 0) is 21.5 Å². The SMILES string of the molecule is CCOC(=O)N=S(C)(=O)c1ccc(Nc2ncc(-c3nnn(C)n3)c(NC3CCCCC3)n2)cc1. The van der Waals surface area contributed by atoms with Gasteiger partial charge in [0.05, 0.1) is 28.9 Å². The molecule has 1 fully saturated rings. The van der Waals surface area contributed by atoms with Crippen molar-refractivity contribution in [1.29, 1.82) is 0 Å². The number of carbonyl (C=O) groups excluding carboxylic acids is 1. The van der Waals surface area contributed by atoms with E-state index in [0.29, 0.717) is 39.8 Å². The Hall–Kier alpha value is -3.61. The second-order valence-electron chi connectivity index (χ2n) is 8.28. The third-order valence-electron chi connectivity index (χ3n) is 5.55. The van der Waals surface area contributed by atoms with E-state index < -0.39 is 15.8 Å². The molecule has 0 spiro atoms. The lowest BCUT2D eigenvalue weighted by atomic mass is 9.95. The van der Waals surface area contributed by atoms with Crippen LogP contribution < -0.4 is 10.6 Å². The van der Waals surface area contributed by atoms with Gasteiger partial charge in [-0.3, -0.25) is 0 Å². The largest absolute Gasteiger partial charge is 0.448 e. The minimum absolute atomic E-state index is 0.171. The van der Waals surface area contributed by atoms with Gasteiger partial charge in [-0.05, 0) is 49.2 Å². The number of ether oxygens (including phenoxy) is 1. The van der Waals surface area contributed by atoms with Crippen LogP contribution in [0.2, 0.25) is 0 Å². The van der Waals surface area contributed by atoms with Gasteiger partial charge in [0, 0.05) is 29.1 Å². The monoisotopic (exact) mass is 499 g/mol. The minimum atomic E-state index is -2.92. The summed E-state index contributed by atoms with van der Waals surface area (Å²) in [5.74, 6) is 1.48. The lowest BCUT2D eigenvalue weighted by Crippen LogP contribution is -2.23. The zero-order valence-electron chi connectivity index (χ0n) is 20.0. The Morgan fingerprint density at radius 3 is 2.63 bits per heavy atom. The Bertz CT molecular complexity index is 1290. The van der Waals surface area contributed by atoms with E-state index in [1.807, 2.05) is 0 Å². The first-order valence-electron chi connectivity index (χ1n) is 11.5. The van der Waals surface area contributed by atoms with Crippen LogP contribution in [0.15, 0.2) is 39.7 Å². The molecule has 1 aliphatic carbocycles. The van der Waals surface area contributed by atoms with Gasteiger partial charge in [-0.15, -0.1) is 14.6 Å². The summed E-state index contributed by atoms with van der Waals surface area (Å²) in [6, 6.07) is 7.07. The Balaban J connectivity index is 1.56. The van der Waals surface area contributed by atoms with Crippen LogP contribution in [0.5, 0.6) is 0 Å². The summed E-state index contributed by atoms with van der Waals surface area (Å²) in [6.45, 7) is 1.84. The van der Waals surface area contributed by atoms with E-state index in [0.717, 1.165) is 12.8 Å². The molecule has 1 saturated carbocycles. The molecule has 1 atom stereocenters. The van der Waals surface area contributed by atoms with Gasteiger partial charge < -0.3 is 15.4 Å². The molecule has 0 radical (unpaired) electrons.